The minimum atomic E-state index is -0.559. The van der Waals surface area contributed by atoms with E-state index in [0.717, 1.165) is 22.5 Å². The van der Waals surface area contributed by atoms with Crippen LogP contribution in [0.1, 0.15) is 66.9 Å². The maximum absolute atomic E-state index is 12.6. The van der Waals surface area contributed by atoms with E-state index in [0.29, 0.717) is 25.9 Å². The fourth-order valence-corrected chi connectivity index (χ4v) is 4.45. The van der Waals surface area contributed by atoms with Gasteiger partial charge in [0.2, 0.25) is 0 Å². The number of hydrogen-bond donors (Lipinski definition) is 0. The van der Waals surface area contributed by atoms with E-state index in [4.69, 9.17) is 23.5 Å². The molecule has 3 heterocycles. The van der Waals surface area contributed by atoms with Gasteiger partial charge in [-0.25, -0.2) is 4.79 Å². The number of likely N-dealkylation sites (tertiary alicyclic amines) is 1. The fraction of sp³-hybridized carbons (Fsp3) is 0.640. The largest absolute Gasteiger partial charge is 0.496 e. The van der Waals surface area contributed by atoms with Gasteiger partial charge in [0, 0.05) is 25.9 Å². The Hall–Kier alpha value is -2.19. The number of piperidine rings is 1. The van der Waals surface area contributed by atoms with Crippen molar-refractivity contribution in [3.05, 3.63) is 29.8 Å². The van der Waals surface area contributed by atoms with Gasteiger partial charge in [-0.1, -0.05) is 6.07 Å². The predicted molar refractivity (Wildman–Crippen MR) is 127 cm³/mol. The van der Waals surface area contributed by atoms with Gasteiger partial charge in [-0.15, -0.1) is 0 Å². The summed E-state index contributed by atoms with van der Waals surface area (Å²) in [4.78, 5) is 14.3. The van der Waals surface area contributed by atoms with E-state index < -0.39 is 29.5 Å². The summed E-state index contributed by atoms with van der Waals surface area (Å²) in [5.74, 6) is 1.46. The Morgan fingerprint density at radius 1 is 1.06 bits per heavy atom. The molecule has 0 unspecified atom stereocenters. The fourth-order valence-electron chi connectivity index (χ4n) is 4.45. The third kappa shape index (κ3) is 4.47. The van der Waals surface area contributed by atoms with Crippen LogP contribution in [0.5, 0.6) is 11.5 Å². The molecule has 0 radical (unpaired) electrons. The lowest BCUT2D eigenvalue weighted by molar-refractivity contribution is -0.00124. The summed E-state index contributed by atoms with van der Waals surface area (Å²) in [5, 5.41) is 0. The second-order valence-corrected chi connectivity index (χ2v) is 11.2. The highest BCUT2D eigenvalue weighted by Gasteiger charge is 2.55. The first-order valence-electron chi connectivity index (χ1n) is 11.7. The van der Waals surface area contributed by atoms with Crippen LogP contribution in [0.4, 0.5) is 4.79 Å². The lowest BCUT2D eigenvalue weighted by Gasteiger charge is -2.43. The first-order chi connectivity index (χ1) is 15.3. The monoisotopic (exact) mass is 457 g/mol. The van der Waals surface area contributed by atoms with E-state index in [1.165, 1.54) is 0 Å². The molecular formula is C25H36BNO6. The normalized spacial score (nSPS) is 23.0. The number of nitrogens with zero attached hydrogens (tertiary/aromatic N) is 1. The van der Waals surface area contributed by atoms with Crippen molar-refractivity contribution in [2.45, 2.75) is 83.7 Å². The van der Waals surface area contributed by atoms with Crippen molar-refractivity contribution in [1.29, 1.82) is 0 Å². The SMILES string of the molecule is COc1cccc2c1C(B1OC(C)(C)C(C)(C)O1)=CC1(CCN(C(=O)OC(C)(C)C)CC1)O2. The van der Waals surface area contributed by atoms with Crippen LogP contribution in [-0.4, -0.2) is 60.7 Å². The van der Waals surface area contributed by atoms with E-state index in [1.807, 2.05) is 66.7 Å². The number of amides is 1. The van der Waals surface area contributed by atoms with Crippen molar-refractivity contribution in [3.8, 4) is 11.5 Å². The van der Waals surface area contributed by atoms with Crippen LogP contribution >= 0.6 is 0 Å². The van der Waals surface area contributed by atoms with Crippen LogP contribution in [0, 0.1) is 0 Å². The molecule has 1 aromatic rings. The summed E-state index contributed by atoms with van der Waals surface area (Å²) in [6.45, 7) is 14.9. The molecular weight excluding hydrogens is 421 g/mol. The molecule has 0 saturated carbocycles. The van der Waals surface area contributed by atoms with Crippen LogP contribution in [0.25, 0.3) is 5.47 Å². The summed E-state index contributed by atoms with van der Waals surface area (Å²) in [7, 11) is 1.11. The van der Waals surface area contributed by atoms with Crippen molar-refractivity contribution in [2.75, 3.05) is 20.2 Å². The Balaban J connectivity index is 1.65. The zero-order valence-corrected chi connectivity index (χ0v) is 21.1. The summed E-state index contributed by atoms with van der Waals surface area (Å²) < 4.78 is 30.7. The third-order valence-corrected chi connectivity index (χ3v) is 7.00. The Morgan fingerprint density at radius 2 is 1.67 bits per heavy atom. The molecule has 180 valence electrons. The minimum absolute atomic E-state index is 0.287. The van der Waals surface area contributed by atoms with Crippen molar-refractivity contribution < 1.29 is 28.3 Å². The van der Waals surface area contributed by atoms with Crippen LogP contribution in [0.15, 0.2) is 24.3 Å². The quantitative estimate of drug-likeness (QED) is 0.591. The van der Waals surface area contributed by atoms with Crippen LogP contribution in [0.2, 0.25) is 0 Å². The Kier molecular flexibility index (Phi) is 5.77. The highest BCUT2D eigenvalue weighted by molar-refractivity contribution is 6.69. The van der Waals surface area contributed by atoms with Crippen LogP contribution in [-0.2, 0) is 14.0 Å². The standard InChI is InChI=1S/C25H36BNO6/c1-22(2,3)31-21(28)27-14-12-25(13-15-27)16-17(26-32-23(4,5)24(6,7)33-26)20-18(29-8)10-9-11-19(20)30-25/h9-11,16H,12-15H2,1-8H3. The van der Waals surface area contributed by atoms with Gasteiger partial charge in [0.25, 0.3) is 0 Å². The molecule has 0 aliphatic carbocycles. The summed E-state index contributed by atoms with van der Waals surface area (Å²) in [6, 6.07) is 5.80. The van der Waals surface area contributed by atoms with Gasteiger partial charge in [0.1, 0.15) is 22.7 Å². The van der Waals surface area contributed by atoms with Crippen molar-refractivity contribution in [1.82, 2.24) is 4.90 Å². The Labute approximate surface area is 197 Å². The second-order valence-electron chi connectivity index (χ2n) is 11.2. The van der Waals surface area contributed by atoms with Gasteiger partial charge < -0.3 is 28.4 Å². The average molecular weight is 457 g/mol. The van der Waals surface area contributed by atoms with Gasteiger partial charge in [-0.05, 0) is 72.1 Å². The van der Waals surface area contributed by atoms with Crippen molar-refractivity contribution >= 4 is 18.7 Å². The molecule has 4 rings (SSSR count). The van der Waals surface area contributed by atoms with Gasteiger partial charge >= 0.3 is 13.2 Å². The molecule has 2 fully saturated rings. The van der Waals surface area contributed by atoms with Gasteiger partial charge in [0.15, 0.2) is 0 Å². The van der Waals surface area contributed by atoms with Gasteiger partial charge in [0.05, 0.1) is 23.9 Å². The lowest BCUT2D eigenvalue weighted by atomic mass is 9.69. The smallest absolute Gasteiger partial charge is 0.495 e. The topological polar surface area (TPSA) is 66.5 Å². The zero-order chi connectivity index (χ0) is 24.2. The number of ether oxygens (including phenoxy) is 3. The van der Waals surface area contributed by atoms with E-state index in [9.17, 15) is 4.79 Å². The minimum Gasteiger partial charge on any atom is -0.496 e. The summed E-state index contributed by atoms with van der Waals surface area (Å²) in [6.07, 6.45) is 3.13. The molecule has 33 heavy (non-hydrogen) atoms. The number of fused-ring (bicyclic) bond motifs is 1. The highest BCUT2D eigenvalue weighted by atomic mass is 16.7. The number of hydrogen-bond acceptors (Lipinski definition) is 6. The Bertz CT molecular complexity index is 940. The van der Waals surface area contributed by atoms with E-state index >= 15 is 0 Å². The number of methoxy groups -OCH3 is 1. The molecule has 0 aromatic heterocycles. The average Bonchev–Trinajstić information content (AvgIpc) is 2.93. The number of carbonyl (C=O) groups is 1. The molecule has 8 heteroatoms. The summed E-state index contributed by atoms with van der Waals surface area (Å²) in [5.41, 5.74) is -0.237. The highest BCUT2D eigenvalue weighted by Crippen LogP contribution is 2.49. The molecule has 0 bridgehead atoms. The maximum atomic E-state index is 12.6. The molecule has 7 nitrogen and oxygen atoms in total. The first-order valence-corrected chi connectivity index (χ1v) is 11.7. The second kappa shape index (κ2) is 7.95. The molecule has 1 amide bonds. The number of carbonyl (C=O) groups excluding carboxylic acids is 1. The van der Waals surface area contributed by atoms with Crippen molar-refractivity contribution in [3.63, 3.8) is 0 Å². The number of benzene rings is 1. The summed E-state index contributed by atoms with van der Waals surface area (Å²) >= 11 is 0. The van der Waals surface area contributed by atoms with Gasteiger partial charge in [-0.2, -0.15) is 0 Å². The number of rotatable bonds is 2. The molecule has 3 aliphatic rings. The van der Waals surface area contributed by atoms with Gasteiger partial charge in [-0.3, -0.25) is 0 Å². The lowest BCUT2D eigenvalue weighted by Crippen LogP contribution is -2.51. The maximum Gasteiger partial charge on any atom is 0.495 e. The van der Waals surface area contributed by atoms with E-state index in [1.54, 1.807) is 12.0 Å². The molecule has 1 spiro atoms. The van der Waals surface area contributed by atoms with Crippen molar-refractivity contribution in [2.24, 2.45) is 0 Å². The molecule has 3 aliphatic heterocycles. The molecule has 0 atom stereocenters. The first kappa shape index (κ1) is 24.0. The third-order valence-electron chi connectivity index (χ3n) is 7.00. The predicted octanol–water partition coefficient (Wildman–Crippen LogP) is 4.87. The molecule has 2 saturated heterocycles. The van der Waals surface area contributed by atoms with E-state index in [2.05, 4.69) is 6.08 Å². The van der Waals surface area contributed by atoms with Crippen LogP contribution < -0.4 is 9.47 Å². The zero-order valence-electron chi connectivity index (χ0n) is 21.1. The molecule has 0 N–H and O–H groups in total. The van der Waals surface area contributed by atoms with Crippen LogP contribution in [0.3, 0.4) is 0 Å². The molecule has 1 aromatic carbocycles. The van der Waals surface area contributed by atoms with E-state index in [-0.39, 0.29) is 6.09 Å². The Morgan fingerprint density at radius 3 is 2.21 bits per heavy atom.